The van der Waals surface area contributed by atoms with Crippen molar-refractivity contribution in [3.63, 3.8) is 0 Å². The molecular formula is C30H19ClN4O5S. The van der Waals surface area contributed by atoms with Crippen LogP contribution in [0.4, 0.5) is 11.5 Å². The zero-order valence-corrected chi connectivity index (χ0v) is 22.6. The molecule has 6 rings (SSSR count). The first kappa shape index (κ1) is 26.2. The summed E-state index contributed by atoms with van der Waals surface area (Å²) in [4.78, 5) is 36.7. The molecule has 0 saturated heterocycles. The predicted molar refractivity (Wildman–Crippen MR) is 157 cm³/mol. The third-order valence-corrected chi connectivity index (χ3v) is 7.89. The van der Waals surface area contributed by atoms with Gasteiger partial charge >= 0.3 is 0 Å². The number of para-hydroxylation sites is 1. The minimum absolute atomic E-state index is 0.00560. The van der Waals surface area contributed by atoms with Crippen LogP contribution in [0.25, 0.3) is 17.0 Å². The largest absolute Gasteiger partial charge is 0.463 e. The van der Waals surface area contributed by atoms with Gasteiger partial charge in [0, 0.05) is 16.8 Å². The number of pyridine rings is 1. The molecule has 0 fully saturated rings. The highest BCUT2D eigenvalue weighted by molar-refractivity contribution is 7.92. The van der Waals surface area contributed by atoms with E-state index in [1.54, 1.807) is 60.7 Å². The van der Waals surface area contributed by atoms with E-state index in [0.717, 1.165) is 0 Å². The highest BCUT2D eigenvalue weighted by Crippen LogP contribution is 2.29. The number of benzene rings is 3. The number of halogens is 1. The van der Waals surface area contributed by atoms with Crippen LogP contribution in [-0.4, -0.2) is 25.1 Å². The van der Waals surface area contributed by atoms with E-state index in [0.29, 0.717) is 27.2 Å². The molecule has 202 valence electrons. The maximum absolute atomic E-state index is 13.7. The lowest BCUT2D eigenvalue weighted by Crippen LogP contribution is -2.32. The number of nitrogens with zero attached hydrogens (tertiary/aromatic N) is 3. The number of amidine groups is 1. The Hall–Kier alpha value is -5.06. The fourth-order valence-corrected chi connectivity index (χ4v) is 5.42. The summed E-state index contributed by atoms with van der Waals surface area (Å²) >= 11 is 6.08. The topological polar surface area (TPSA) is 122 Å². The van der Waals surface area contributed by atoms with Gasteiger partial charge in [0.25, 0.3) is 15.9 Å². The van der Waals surface area contributed by atoms with Crippen molar-refractivity contribution in [2.45, 2.75) is 4.90 Å². The average molecular weight is 583 g/mol. The first-order valence-corrected chi connectivity index (χ1v) is 14.1. The van der Waals surface area contributed by atoms with Crippen LogP contribution in [0.5, 0.6) is 0 Å². The molecule has 9 nitrogen and oxygen atoms in total. The van der Waals surface area contributed by atoms with E-state index in [-0.39, 0.29) is 33.2 Å². The number of fused-ring (bicyclic) bond motifs is 1. The van der Waals surface area contributed by atoms with Crippen LogP contribution in [0, 0.1) is 0 Å². The molecule has 0 aliphatic carbocycles. The minimum Gasteiger partial charge on any atom is -0.463 e. The van der Waals surface area contributed by atoms with Gasteiger partial charge in [-0.3, -0.25) is 19.2 Å². The van der Waals surface area contributed by atoms with E-state index in [1.807, 2.05) is 0 Å². The Morgan fingerprint density at radius 2 is 1.61 bits per heavy atom. The van der Waals surface area contributed by atoms with Crippen molar-refractivity contribution in [1.82, 2.24) is 4.98 Å². The molecule has 1 amide bonds. The molecule has 1 aliphatic heterocycles. The van der Waals surface area contributed by atoms with Gasteiger partial charge in [-0.25, -0.2) is 18.4 Å². The predicted octanol–water partition coefficient (Wildman–Crippen LogP) is 5.48. The molecule has 41 heavy (non-hydrogen) atoms. The van der Waals surface area contributed by atoms with Crippen LogP contribution in [0.3, 0.4) is 0 Å². The number of hydrogen-bond acceptors (Lipinski definition) is 7. The number of carbonyl (C=O) groups excluding carboxylic acids is 1. The number of aliphatic imine (C=N–C) groups is 1. The Bertz CT molecular complexity index is 2020. The molecule has 1 aliphatic rings. The number of carbonyl (C=O) groups is 1. The third-order valence-electron chi connectivity index (χ3n) is 6.27. The lowest BCUT2D eigenvalue weighted by molar-refractivity contribution is -0.113. The molecule has 5 aromatic rings. The van der Waals surface area contributed by atoms with E-state index in [4.69, 9.17) is 16.0 Å². The summed E-state index contributed by atoms with van der Waals surface area (Å²) in [7, 11) is -3.93. The number of aromatic nitrogens is 1. The van der Waals surface area contributed by atoms with Crippen LogP contribution < -0.4 is 15.1 Å². The van der Waals surface area contributed by atoms with Gasteiger partial charge in [0.1, 0.15) is 29.2 Å². The van der Waals surface area contributed by atoms with E-state index in [9.17, 15) is 18.0 Å². The number of nitrogens with one attached hydrogen (secondary N) is 1. The summed E-state index contributed by atoms with van der Waals surface area (Å²) < 4.78 is 33.8. The Labute approximate surface area is 239 Å². The summed E-state index contributed by atoms with van der Waals surface area (Å²) in [6.45, 7) is 0. The molecule has 0 atom stereocenters. The number of anilines is 2. The molecule has 0 saturated carbocycles. The quantitative estimate of drug-likeness (QED) is 0.265. The van der Waals surface area contributed by atoms with Crippen molar-refractivity contribution in [3.8, 4) is 0 Å². The molecule has 2 aromatic heterocycles. The normalized spacial score (nSPS) is 14.5. The van der Waals surface area contributed by atoms with Gasteiger partial charge in [0.2, 0.25) is 0 Å². The van der Waals surface area contributed by atoms with Crippen LogP contribution >= 0.6 is 11.6 Å². The molecule has 1 N–H and O–H groups in total. The zero-order valence-electron chi connectivity index (χ0n) is 21.1. The van der Waals surface area contributed by atoms with Gasteiger partial charge < -0.3 is 4.42 Å². The van der Waals surface area contributed by atoms with Crippen molar-refractivity contribution in [3.05, 3.63) is 136 Å². The standard InChI is InChI=1S/C30H19ClN4O5S/c31-21-10-8-19(9-11-21)29-33-25(17-20-18-40-26-6-2-1-5-24(26)28(20)36)30(37)35(29)22-12-14-23(15-13-22)41(38,39)34-27-7-3-4-16-32-27/h1-18H,(H,32,34)/b25-17-. The Morgan fingerprint density at radius 1 is 0.878 bits per heavy atom. The monoisotopic (exact) mass is 582 g/mol. The molecule has 0 bridgehead atoms. The molecule has 0 unspecified atom stereocenters. The van der Waals surface area contributed by atoms with Gasteiger partial charge in [-0.15, -0.1) is 0 Å². The summed E-state index contributed by atoms with van der Waals surface area (Å²) in [6.07, 6.45) is 4.15. The van der Waals surface area contributed by atoms with Gasteiger partial charge in [-0.2, -0.15) is 0 Å². The highest BCUT2D eigenvalue weighted by atomic mass is 35.5. The summed E-state index contributed by atoms with van der Waals surface area (Å²) in [5, 5.41) is 0.881. The number of hydrogen-bond donors (Lipinski definition) is 1. The number of rotatable bonds is 6. The van der Waals surface area contributed by atoms with Crippen molar-refractivity contribution in [2.75, 3.05) is 9.62 Å². The zero-order chi connectivity index (χ0) is 28.6. The molecule has 3 heterocycles. The fourth-order valence-electron chi connectivity index (χ4n) is 4.28. The van der Waals surface area contributed by atoms with Gasteiger partial charge in [-0.1, -0.05) is 29.8 Å². The summed E-state index contributed by atoms with van der Waals surface area (Å²) in [5.74, 6) is -0.0496. The molecule has 11 heteroatoms. The summed E-state index contributed by atoms with van der Waals surface area (Å²) in [5.41, 5.74) is 1.25. The Kier molecular flexibility index (Phi) is 6.70. The highest BCUT2D eigenvalue weighted by Gasteiger charge is 2.33. The van der Waals surface area contributed by atoms with Crippen LogP contribution in [0.2, 0.25) is 5.02 Å². The lowest BCUT2D eigenvalue weighted by atomic mass is 10.1. The fraction of sp³-hybridized carbons (Fsp3) is 0. The van der Waals surface area contributed by atoms with Crippen molar-refractivity contribution < 1.29 is 17.6 Å². The molecule has 0 spiro atoms. The second-order valence-electron chi connectivity index (χ2n) is 8.94. The summed E-state index contributed by atoms with van der Waals surface area (Å²) in [6, 6.07) is 24.2. The van der Waals surface area contributed by atoms with Crippen LogP contribution in [0.1, 0.15) is 11.1 Å². The van der Waals surface area contributed by atoms with Gasteiger partial charge in [0.05, 0.1) is 21.5 Å². The second-order valence-corrected chi connectivity index (χ2v) is 11.1. The average Bonchev–Trinajstić information content (AvgIpc) is 3.31. The molecule has 3 aromatic carbocycles. The van der Waals surface area contributed by atoms with E-state index >= 15 is 0 Å². The van der Waals surface area contributed by atoms with Crippen LogP contribution in [0.15, 0.2) is 128 Å². The van der Waals surface area contributed by atoms with Gasteiger partial charge in [0.15, 0.2) is 5.43 Å². The maximum atomic E-state index is 13.7. The van der Waals surface area contributed by atoms with Crippen molar-refractivity contribution >= 4 is 61.9 Å². The Balaban J connectivity index is 1.39. The van der Waals surface area contributed by atoms with Crippen molar-refractivity contribution in [1.29, 1.82) is 0 Å². The number of sulfonamides is 1. The first-order chi connectivity index (χ1) is 19.8. The van der Waals surface area contributed by atoms with E-state index in [1.165, 1.54) is 53.8 Å². The smallest absolute Gasteiger partial charge is 0.282 e. The number of amides is 1. The third kappa shape index (κ3) is 5.13. The molecule has 0 radical (unpaired) electrons. The SMILES string of the molecule is O=C1/C(=C/c2coc3ccccc3c2=O)N=C(c2ccc(Cl)cc2)N1c1ccc(S(=O)(=O)Nc2ccccn2)cc1. The molecular weight excluding hydrogens is 564 g/mol. The van der Waals surface area contributed by atoms with Gasteiger partial charge in [-0.05, 0) is 78.9 Å². The van der Waals surface area contributed by atoms with Crippen LogP contribution in [-0.2, 0) is 14.8 Å². The first-order valence-electron chi connectivity index (χ1n) is 12.3. The van der Waals surface area contributed by atoms with Crippen molar-refractivity contribution in [2.24, 2.45) is 4.99 Å². The van der Waals surface area contributed by atoms with E-state index < -0.39 is 15.9 Å². The second kappa shape index (κ2) is 10.5. The lowest BCUT2D eigenvalue weighted by Gasteiger charge is -2.19. The minimum atomic E-state index is -3.93. The maximum Gasteiger partial charge on any atom is 0.282 e. The Morgan fingerprint density at radius 3 is 2.34 bits per heavy atom. The van der Waals surface area contributed by atoms with E-state index in [2.05, 4.69) is 14.7 Å².